The van der Waals surface area contributed by atoms with Gasteiger partial charge < -0.3 is 11.1 Å². The first-order valence-electron chi connectivity index (χ1n) is 5.21. The molecule has 84 valence electrons. The fourth-order valence-electron chi connectivity index (χ4n) is 1.43. The fraction of sp³-hybridized carbons (Fsp3) is 0.273. The Hall–Kier alpha value is -1.88. The van der Waals surface area contributed by atoms with Gasteiger partial charge in [0.1, 0.15) is 12.7 Å². The summed E-state index contributed by atoms with van der Waals surface area (Å²) in [5, 5.41) is 10.9. The van der Waals surface area contributed by atoms with Crippen molar-refractivity contribution >= 4 is 5.69 Å². The Morgan fingerprint density at radius 1 is 1.38 bits per heavy atom. The third kappa shape index (κ3) is 2.38. The molecule has 2 rings (SSSR count). The van der Waals surface area contributed by atoms with Crippen molar-refractivity contribution in [1.29, 1.82) is 0 Å². The Balaban J connectivity index is 2.20. The highest BCUT2D eigenvalue weighted by Gasteiger charge is 2.01. The average molecular weight is 217 g/mol. The van der Waals surface area contributed by atoms with E-state index >= 15 is 0 Å². The fourth-order valence-corrected chi connectivity index (χ4v) is 1.43. The maximum absolute atomic E-state index is 5.56. The van der Waals surface area contributed by atoms with E-state index in [4.69, 9.17) is 5.73 Å². The lowest BCUT2D eigenvalue weighted by atomic mass is 10.2. The van der Waals surface area contributed by atoms with E-state index in [1.54, 1.807) is 12.7 Å². The lowest BCUT2D eigenvalue weighted by molar-refractivity contribution is 0.804. The van der Waals surface area contributed by atoms with Crippen molar-refractivity contribution < 1.29 is 0 Å². The predicted octanol–water partition coefficient (Wildman–Crippen LogP) is 1.03. The third-order valence-electron chi connectivity index (χ3n) is 2.33. The molecule has 1 aromatic carbocycles. The summed E-state index contributed by atoms with van der Waals surface area (Å²) in [6.45, 7) is 2.66. The lowest BCUT2D eigenvalue weighted by Crippen LogP contribution is -2.25. The minimum Gasteiger partial charge on any atom is -0.381 e. The topological polar surface area (TPSA) is 68.8 Å². The van der Waals surface area contributed by atoms with Gasteiger partial charge in [-0.25, -0.2) is 0 Å². The zero-order valence-electron chi connectivity index (χ0n) is 9.17. The van der Waals surface area contributed by atoms with Gasteiger partial charge in [0, 0.05) is 18.3 Å². The Morgan fingerprint density at radius 3 is 2.81 bits per heavy atom. The standard InChI is InChI=1S/C11H15N5/c1-9(6-12)15-10-3-2-4-11(5-10)16-7-13-14-8-16/h2-5,7-9,15H,6,12H2,1H3. The number of anilines is 1. The largest absolute Gasteiger partial charge is 0.381 e. The number of nitrogens with zero attached hydrogens (tertiary/aromatic N) is 3. The average Bonchev–Trinajstić information content (AvgIpc) is 2.83. The molecule has 0 aliphatic carbocycles. The maximum atomic E-state index is 5.56. The van der Waals surface area contributed by atoms with Crippen molar-refractivity contribution in [2.45, 2.75) is 13.0 Å². The van der Waals surface area contributed by atoms with Crippen LogP contribution in [-0.4, -0.2) is 27.4 Å². The molecular weight excluding hydrogens is 202 g/mol. The second-order valence-electron chi connectivity index (χ2n) is 3.70. The predicted molar refractivity (Wildman–Crippen MR) is 63.5 cm³/mol. The van der Waals surface area contributed by atoms with Gasteiger partial charge in [0.25, 0.3) is 0 Å². The van der Waals surface area contributed by atoms with Gasteiger partial charge in [0.05, 0.1) is 5.69 Å². The van der Waals surface area contributed by atoms with Gasteiger partial charge in [-0.2, -0.15) is 0 Å². The van der Waals surface area contributed by atoms with Crippen LogP contribution in [0.15, 0.2) is 36.9 Å². The van der Waals surface area contributed by atoms with Gasteiger partial charge in [-0.15, -0.1) is 10.2 Å². The quantitative estimate of drug-likeness (QED) is 0.802. The molecule has 0 saturated heterocycles. The van der Waals surface area contributed by atoms with Crippen LogP contribution in [0, 0.1) is 0 Å². The van der Waals surface area contributed by atoms with Crippen LogP contribution in [0.3, 0.4) is 0 Å². The zero-order chi connectivity index (χ0) is 11.4. The monoisotopic (exact) mass is 217 g/mol. The van der Waals surface area contributed by atoms with E-state index in [0.29, 0.717) is 6.54 Å². The SMILES string of the molecule is CC(CN)Nc1cccc(-n2cnnc2)c1. The van der Waals surface area contributed by atoms with Gasteiger partial charge in [-0.1, -0.05) is 6.07 Å². The Bertz CT molecular complexity index is 437. The first-order chi connectivity index (χ1) is 7.79. The smallest absolute Gasteiger partial charge is 0.123 e. The normalized spacial score (nSPS) is 12.4. The van der Waals surface area contributed by atoms with Crippen LogP contribution in [0.2, 0.25) is 0 Å². The number of rotatable bonds is 4. The van der Waals surface area contributed by atoms with Crippen LogP contribution >= 0.6 is 0 Å². The summed E-state index contributed by atoms with van der Waals surface area (Å²) in [5.74, 6) is 0. The molecule has 5 nitrogen and oxygen atoms in total. The van der Waals surface area contributed by atoms with Crippen LogP contribution in [0.5, 0.6) is 0 Å². The maximum Gasteiger partial charge on any atom is 0.123 e. The summed E-state index contributed by atoms with van der Waals surface area (Å²) in [4.78, 5) is 0. The Labute approximate surface area is 94.3 Å². The van der Waals surface area contributed by atoms with Crippen LogP contribution in [0.1, 0.15) is 6.92 Å². The second-order valence-corrected chi connectivity index (χ2v) is 3.70. The van der Waals surface area contributed by atoms with E-state index < -0.39 is 0 Å². The Kier molecular flexibility index (Phi) is 3.16. The molecule has 1 heterocycles. The summed E-state index contributed by atoms with van der Waals surface area (Å²) in [7, 11) is 0. The van der Waals surface area contributed by atoms with E-state index in [-0.39, 0.29) is 6.04 Å². The van der Waals surface area contributed by atoms with E-state index in [2.05, 4.69) is 15.5 Å². The van der Waals surface area contributed by atoms with E-state index in [1.165, 1.54) is 0 Å². The number of hydrogen-bond acceptors (Lipinski definition) is 4. The highest BCUT2D eigenvalue weighted by molar-refractivity contribution is 5.51. The number of hydrogen-bond donors (Lipinski definition) is 2. The summed E-state index contributed by atoms with van der Waals surface area (Å²) >= 11 is 0. The molecule has 0 aliphatic heterocycles. The number of benzene rings is 1. The molecule has 1 unspecified atom stereocenters. The molecule has 5 heteroatoms. The summed E-state index contributed by atoms with van der Waals surface area (Å²) in [6, 6.07) is 8.30. The van der Waals surface area contributed by atoms with Gasteiger partial charge in [0.15, 0.2) is 0 Å². The van der Waals surface area contributed by atoms with Crippen LogP contribution < -0.4 is 11.1 Å². The highest BCUT2D eigenvalue weighted by atomic mass is 15.2. The highest BCUT2D eigenvalue weighted by Crippen LogP contribution is 2.14. The first-order valence-corrected chi connectivity index (χ1v) is 5.21. The molecule has 0 saturated carbocycles. The molecule has 1 atom stereocenters. The molecule has 1 aromatic heterocycles. The molecule has 2 aromatic rings. The lowest BCUT2D eigenvalue weighted by Gasteiger charge is -2.13. The molecule has 0 bridgehead atoms. The molecule has 0 aliphatic rings. The van der Waals surface area contributed by atoms with Crippen molar-refractivity contribution in [3.63, 3.8) is 0 Å². The van der Waals surface area contributed by atoms with Crippen molar-refractivity contribution in [2.75, 3.05) is 11.9 Å². The number of nitrogens with two attached hydrogens (primary N) is 1. The van der Waals surface area contributed by atoms with Crippen molar-refractivity contribution in [3.05, 3.63) is 36.9 Å². The Morgan fingerprint density at radius 2 is 2.12 bits per heavy atom. The molecule has 3 N–H and O–H groups in total. The van der Waals surface area contributed by atoms with Gasteiger partial charge in [-0.05, 0) is 25.1 Å². The molecule has 0 fully saturated rings. The second kappa shape index (κ2) is 4.76. The van der Waals surface area contributed by atoms with E-state index in [0.717, 1.165) is 11.4 Å². The number of aromatic nitrogens is 3. The van der Waals surface area contributed by atoms with Crippen LogP contribution in [-0.2, 0) is 0 Å². The van der Waals surface area contributed by atoms with Gasteiger partial charge in [0.2, 0.25) is 0 Å². The zero-order valence-corrected chi connectivity index (χ0v) is 9.17. The van der Waals surface area contributed by atoms with Gasteiger partial charge >= 0.3 is 0 Å². The molecule has 0 amide bonds. The van der Waals surface area contributed by atoms with Crippen LogP contribution in [0.25, 0.3) is 5.69 Å². The first kappa shape index (κ1) is 10.6. The molecule has 0 spiro atoms. The van der Waals surface area contributed by atoms with E-state index in [1.807, 2.05) is 35.8 Å². The van der Waals surface area contributed by atoms with Gasteiger partial charge in [-0.3, -0.25) is 4.57 Å². The van der Waals surface area contributed by atoms with Crippen molar-refractivity contribution in [1.82, 2.24) is 14.8 Å². The third-order valence-corrected chi connectivity index (χ3v) is 2.33. The van der Waals surface area contributed by atoms with Crippen molar-refractivity contribution in [3.8, 4) is 5.69 Å². The molecular formula is C11H15N5. The summed E-state index contributed by atoms with van der Waals surface area (Å²) in [5.41, 5.74) is 7.64. The van der Waals surface area contributed by atoms with Crippen LogP contribution in [0.4, 0.5) is 5.69 Å². The molecule has 0 radical (unpaired) electrons. The minimum absolute atomic E-state index is 0.260. The minimum atomic E-state index is 0.260. The molecule has 16 heavy (non-hydrogen) atoms. The summed E-state index contributed by atoms with van der Waals surface area (Å²) in [6.07, 6.45) is 3.34. The summed E-state index contributed by atoms with van der Waals surface area (Å²) < 4.78 is 1.86. The number of nitrogens with one attached hydrogen (secondary N) is 1. The van der Waals surface area contributed by atoms with Crippen molar-refractivity contribution in [2.24, 2.45) is 5.73 Å². The van der Waals surface area contributed by atoms with E-state index in [9.17, 15) is 0 Å².